The third-order valence-corrected chi connectivity index (χ3v) is 3.18. The van der Waals surface area contributed by atoms with Gasteiger partial charge in [-0.15, -0.1) is 0 Å². The Morgan fingerprint density at radius 1 is 1.29 bits per heavy atom. The molecular formula is C12H17NO. The summed E-state index contributed by atoms with van der Waals surface area (Å²) in [6, 6.07) is 8.02. The molecule has 2 nitrogen and oxygen atoms in total. The zero-order valence-electron chi connectivity index (χ0n) is 8.37. The van der Waals surface area contributed by atoms with Crippen LogP contribution in [0.1, 0.15) is 36.8 Å². The zero-order chi connectivity index (χ0) is 10.0. The Labute approximate surface area is 84.7 Å². The summed E-state index contributed by atoms with van der Waals surface area (Å²) in [5, 5.41) is 9.05. The van der Waals surface area contributed by atoms with Crippen LogP contribution in [0, 0.1) is 0 Å². The number of aliphatic hydroxyl groups excluding tert-OH is 1. The van der Waals surface area contributed by atoms with Gasteiger partial charge in [0.1, 0.15) is 0 Å². The van der Waals surface area contributed by atoms with Crippen molar-refractivity contribution in [3.8, 4) is 0 Å². The summed E-state index contributed by atoms with van der Waals surface area (Å²) in [6.07, 6.45) is 4.59. The smallest absolute Gasteiger partial charge is 0.0681 e. The monoisotopic (exact) mass is 191 g/mol. The van der Waals surface area contributed by atoms with E-state index < -0.39 is 0 Å². The maximum absolute atomic E-state index is 9.05. The SMILES string of the molecule is NC1(c2cccc(CO)c2)CCCC1. The molecule has 1 aliphatic rings. The van der Waals surface area contributed by atoms with E-state index in [-0.39, 0.29) is 12.1 Å². The van der Waals surface area contributed by atoms with Crippen LogP contribution >= 0.6 is 0 Å². The lowest BCUT2D eigenvalue weighted by molar-refractivity contribution is 0.281. The van der Waals surface area contributed by atoms with Crippen molar-refractivity contribution in [2.45, 2.75) is 37.8 Å². The first kappa shape index (κ1) is 9.69. The van der Waals surface area contributed by atoms with E-state index in [0.29, 0.717) is 0 Å². The van der Waals surface area contributed by atoms with Crippen molar-refractivity contribution < 1.29 is 5.11 Å². The summed E-state index contributed by atoms with van der Waals surface area (Å²) in [5.74, 6) is 0. The third kappa shape index (κ3) is 1.68. The summed E-state index contributed by atoms with van der Waals surface area (Å²) < 4.78 is 0. The zero-order valence-corrected chi connectivity index (χ0v) is 8.37. The van der Waals surface area contributed by atoms with E-state index in [1.807, 2.05) is 18.2 Å². The highest BCUT2D eigenvalue weighted by atomic mass is 16.3. The van der Waals surface area contributed by atoms with E-state index in [1.54, 1.807) is 0 Å². The number of nitrogens with two attached hydrogens (primary N) is 1. The van der Waals surface area contributed by atoms with Crippen molar-refractivity contribution in [1.29, 1.82) is 0 Å². The maximum atomic E-state index is 9.05. The number of benzene rings is 1. The summed E-state index contributed by atoms with van der Waals surface area (Å²) in [7, 11) is 0. The number of rotatable bonds is 2. The minimum atomic E-state index is -0.134. The van der Waals surface area contributed by atoms with Gasteiger partial charge in [0.2, 0.25) is 0 Å². The summed E-state index contributed by atoms with van der Waals surface area (Å²) in [4.78, 5) is 0. The van der Waals surface area contributed by atoms with Crippen molar-refractivity contribution in [3.63, 3.8) is 0 Å². The van der Waals surface area contributed by atoms with Gasteiger partial charge >= 0.3 is 0 Å². The number of hydrogen-bond acceptors (Lipinski definition) is 2. The predicted octanol–water partition coefficient (Wildman–Crippen LogP) is 1.91. The van der Waals surface area contributed by atoms with Crippen molar-refractivity contribution >= 4 is 0 Å². The largest absolute Gasteiger partial charge is 0.392 e. The normalized spacial score (nSPS) is 19.9. The molecule has 0 saturated heterocycles. The Morgan fingerprint density at radius 3 is 2.64 bits per heavy atom. The fourth-order valence-corrected chi connectivity index (χ4v) is 2.27. The lowest BCUT2D eigenvalue weighted by Gasteiger charge is -2.24. The van der Waals surface area contributed by atoms with Crippen LogP contribution in [-0.2, 0) is 12.1 Å². The van der Waals surface area contributed by atoms with Crippen LogP contribution in [0.4, 0.5) is 0 Å². The Morgan fingerprint density at radius 2 is 2.00 bits per heavy atom. The molecule has 1 fully saturated rings. The van der Waals surface area contributed by atoms with Crippen molar-refractivity contribution in [1.82, 2.24) is 0 Å². The van der Waals surface area contributed by atoms with Gasteiger partial charge in [0.25, 0.3) is 0 Å². The molecule has 0 atom stereocenters. The number of aliphatic hydroxyl groups is 1. The second-order valence-electron chi connectivity index (χ2n) is 4.22. The molecule has 0 aromatic heterocycles. The lowest BCUT2D eigenvalue weighted by atomic mass is 9.88. The first-order valence-electron chi connectivity index (χ1n) is 5.24. The van der Waals surface area contributed by atoms with Crippen molar-refractivity contribution in [3.05, 3.63) is 35.4 Å². The molecule has 0 aliphatic heterocycles. The topological polar surface area (TPSA) is 46.2 Å². The van der Waals surface area contributed by atoms with Gasteiger partial charge in [0.05, 0.1) is 6.61 Å². The van der Waals surface area contributed by atoms with Gasteiger partial charge in [-0.05, 0) is 24.0 Å². The van der Waals surface area contributed by atoms with Gasteiger partial charge in [-0.25, -0.2) is 0 Å². The van der Waals surface area contributed by atoms with Crippen LogP contribution in [0.15, 0.2) is 24.3 Å². The van der Waals surface area contributed by atoms with Crippen LogP contribution in [0.5, 0.6) is 0 Å². The van der Waals surface area contributed by atoms with Gasteiger partial charge in [0.15, 0.2) is 0 Å². The van der Waals surface area contributed by atoms with Crippen LogP contribution in [0.2, 0.25) is 0 Å². The summed E-state index contributed by atoms with van der Waals surface area (Å²) in [6.45, 7) is 0.101. The average Bonchev–Trinajstić information content (AvgIpc) is 2.67. The Balaban J connectivity index is 2.30. The molecule has 0 radical (unpaired) electrons. The van der Waals surface area contributed by atoms with Crippen molar-refractivity contribution in [2.24, 2.45) is 5.73 Å². The van der Waals surface area contributed by atoms with E-state index in [9.17, 15) is 0 Å². The minimum Gasteiger partial charge on any atom is -0.392 e. The Bertz CT molecular complexity index is 316. The molecule has 1 aromatic rings. The Hall–Kier alpha value is -0.860. The molecule has 1 saturated carbocycles. The molecule has 1 aromatic carbocycles. The van der Waals surface area contributed by atoms with Gasteiger partial charge in [0, 0.05) is 5.54 Å². The fraction of sp³-hybridized carbons (Fsp3) is 0.500. The molecule has 0 spiro atoms. The Kier molecular flexibility index (Phi) is 2.57. The van der Waals surface area contributed by atoms with Crippen LogP contribution in [0.3, 0.4) is 0 Å². The van der Waals surface area contributed by atoms with Gasteiger partial charge < -0.3 is 10.8 Å². The standard InChI is InChI=1S/C12H17NO/c13-12(6-1-2-7-12)11-5-3-4-10(8-11)9-14/h3-5,8,14H,1-2,6-7,9,13H2. The van der Waals surface area contributed by atoms with E-state index in [0.717, 1.165) is 18.4 Å². The van der Waals surface area contributed by atoms with Crippen LogP contribution in [0.25, 0.3) is 0 Å². The molecule has 2 rings (SSSR count). The predicted molar refractivity (Wildman–Crippen MR) is 56.7 cm³/mol. The van der Waals surface area contributed by atoms with E-state index >= 15 is 0 Å². The summed E-state index contributed by atoms with van der Waals surface area (Å²) >= 11 is 0. The molecule has 0 bridgehead atoms. The van der Waals surface area contributed by atoms with Crippen molar-refractivity contribution in [2.75, 3.05) is 0 Å². The fourth-order valence-electron chi connectivity index (χ4n) is 2.27. The number of hydrogen-bond donors (Lipinski definition) is 2. The van der Waals surface area contributed by atoms with E-state index in [1.165, 1.54) is 18.4 Å². The molecule has 0 heterocycles. The minimum absolute atomic E-state index is 0.101. The molecule has 3 N–H and O–H groups in total. The van der Waals surface area contributed by atoms with Gasteiger partial charge in [-0.1, -0.05) is 37.1 Å². The highest BCUT2D eigenvalue weighted by Gasteiger charge is 2.30. The average molecular weight is 191 g/mol. The van der Waals surface area contributed by atoms with Crippen LogP contribution in [-0.4, -0.2) is 5.11 Å². The second-order valence-corrected chi connectivity index (χ2v) is 4.22. The molecular weight excluding hydrogens is 174 g/mol. The second kappa shape index (κ2) is 3.71. The third-order valence-electron chi connectivity index (χ3n) is 3.18. The molecule has 14 heavy (non-hydrogen) atoms. The van der Waals surface area contributed by atoms with E-state index in [2.05, 4.69) is 6.07 Å². The first-order chi connectivity index (χ1) is 6.74. The molecule has 0 amide bonds. The van der Waals surface area contributed by atoms with Gasteiger partial charge in [-0.3, -0.25) is 0 Å². The summed E-state index contributed by atoms with van der Waals surface area (Å²) in [5.41, 5.74) is 8.33. The molecule has 76 valence electrons. The highest BCUT2D eigenvalue weighted by molar-refractivity contribution is 5.29. The van der Waals surface area contributed by atoms with Crippen LogP contribution < -0.4 is 5.73 Å². The first-order valence-corrected chi connectivity index (χ1v) is 5.24. The lowest BCUT2D eigenvalue weighted by Crippen LogP contribution is -2.33. The maximum Gasteiger partial charge on any atom is 0.0681 e. The highest BCUT2D eigenvalue weighted by Crippen LogP contribution is 2.36. The molecule has 1 aliphatic carbocycles. The van der Waals surface area contributed by atoms with Gasteiger partial charge in [-0.2, -0.15) is 0 Å². The quantitative estimate of drug-likeness (QED) is 0.750. The molecule has 0 unspecified atom stereocenters. The van der Waals surface area contributed by atoms with E-state index in [4.69, 9.17) is 10.8 Å². The molecule has 2 heteroatoms.